The van der Waals surface area contributed by atoms with Gasteiger partial charge in [-0.25, -0.2) is 0 Å². The average Bonchev–Trinajstić information content (AvgIpc) is 2.52. The highest BCUT2D eigenvalue weighted by atomic mass is 15.2. The van der Waals surface area contributed by atoms with Gasteiger partial charge in [0, 0.05) is 12.6 Å². The molecule has 1 aliphatic heterocycles. The monoisotopic (exact) mass is 181 g/mol. The summed E-state index contributed by atoms with van der Waals surface area (Å²) in [6.07, 6.45) is 2.61. The Morgan fingerprint density at radius 1 is 1.62 bits per heavy atom. The predicted molar refractivity (Wildman–Crippen MR) is 53.4 cm³/mol. The lowest BCUT2D eigenvalue weighted by Crippen LogP contribution is -2.38. The molecular formula is C10H19N3. The van der Waals surface area contributed by atoms with Crippen molar-refractivity contribution in [2.45, 2.75) is 25.8 Å². The summed E-state index contributed by atoms with van der Waals surface area (Å²) >= 11 is 0. The highest BCUT2D eigenvalue weighted by Gasteiger charge is 2.23. The maximum absolute atomic E-state index is 8.53. The van der Waals surface area contributed by atoms with Gasteiger partial charge >= 0.3 is 0 Å². The Morgan fingerprint density at radius 2 is 2.38 bits per heavy atom. The van der Waals surface area contributed by atoms with Gasteiger partial charge in [0.1, 0.15) is 0 Å². The second-order valence-corrected chi connectivity index (χ2v) is 3.78. The normalized spacial score (nSPS) is 23.7. The molecule has 0 aliphatic carbocycles. The van der Waals surface area contributed by atoms with Crippen LogP contribution in [-0.2, 0) is 0 Å². The maximum atomic E-state index is 8.53. The van der Waals surface area contributed by atoms with Gasteiger partial charge in [-0.1, -0.05) is 6.92 Å². The number of nitriles is 1. The van der Waals surface area contributed by atoms with Crippen molar-refractivity contribution in [2.24, 2.45) is 0 Å². The highest BCUT2D eigenvalue weighted by molar-refractivity contribution is 4.83. The summed E-state index contributed by atoms with van der Waals surface area (Å²) in [5.74, 6) is 0. The van der Waals surface area contributed by atoms with E-state index in [0.717, 1.165) is 13.1 Å². The first-order chi connectivity index (χ1) is 6.27. The molecule has 1 atom stereocenters. The van der Waals surface area contributed by atoms with Crippen LogP contribution in [0.2, 0.25) is 0 Å². The highest BCUT2D eigenvalue weighted by Crippen LogP contribution is 2.16. The lowest BCUT2D eigenvalue weighted by molar-refractivity contribution is 0.208. The standard InChI is InChI=1S/C10H19N3/c1-3-13-7-4-5-10(13)9-12(2)8-6-11/h10H,3-5,7-9H2,1-2H3. The van der Waals surface area contributed by atoms with E-state index in [0.29, 0.717) is 12.6 Å². The van der Waals surface area contributed by atoms with E-state index in [-0.39, 0.29) is 0 Å². The fraction of sp³-hybridized carbons (Fsp3) is 0.900. The summed E-state index contributed by atoms with van der Waals surface area (Å²) in [7, 11) is 2.02. The molecule has 0 aromatic carbocycles. The summed E-state index contributed by atoms with van der Waals surface area (Å²) in [6, 6.07) is 2.87. The minimum atomic E-state index is 0.550. The van der Waals surface area contributed by atoms with E-state index in [1.165, 1.54) is 19.4 Å². The first kappa shape index (κ1) is 10.5. The van der Waals surface area contributed by atoms with Crippen LogP contribution in [0, 0.1) is 11.3 Å². The molecule has 3 nitrogen and oxygen atoms in total. The zero-order valence-corrected chi connectivity index (χ0v) is 8.66. The minimum absolute atomic E-state index is 0.550. The van der Waals surface area contributed by atoms with Gasteiger partial charge in [0.05, 0.1) is 12.6 Å². The van der Waals surface area contributed by atoms with Crippen molar-refractivity contribution in [1.29, 1.82) is 5.26 Å². The largest absolute Gasteiger partial charge is 0.299 e. The first-order valence-corrected chi connectivity index (χ1v) is 5.07. The molecule has 1 fully saturated rings. The van der Waals surface area contributed by atoms with Crippen molar-refractivity contribution < 1.29 is 0 Å². The lowest BCUT2D eigenvalue weighted by atomic mass is 10.2. The minimum Gasteiger partial charge on any atom is -0.299 e. The van der Waals surface area contributed by atoms with Gasteiger partial charge in [-0.15, -0.1) is 0 Å². The Morgan fingerprint density at radius 3 is 3.00 bits per heavy atom. The van der Waals surface area contributed by atoms with Crippen LogP contribution in [0.5, 0.6) is 0 Å². The van der Waals surface area contributed by atoms with E-state index in [4.69, 9.17) is 5.26 Å². The Kier molecular flexibility index (Phi) is 4.20. The van der Waals surface area contributed by atoms with Gasteiger partial charge in [-0.3, -0.25) is 9.80 Å². The second-order valence-electron chi connectivity index (χ2n) is 3.78. The Balaban J connectivity index is 2.31. The smallest absolute Gasteiger partial charge is 0.0864 e. The fourth-order valence-electron chi connectivity index (χ4n) is 2.06. The average molecular weight is 181 g/mol. The zero-order valence-electron chi connectivity index (χ0n) is 8.66. The van der Waals surface area contributed by atoms with E-state index in [2.05, 4.69) is 22.8 Å². The van der Waals surface area contributed by atoms with Gasteiger partial charge in [-0.2, -0.15) is 5.26 Å². The molecule has 0 N–H and O–H groups in total. The second kappa shape index (κ2) is 5.21. The maximum Gasteiger partial charge on any atom is 0.0864 e. The summed E-state index contributed by atoms with van der Waals surface area (Å²) < 4.78 is 0. The van der Waals surface area contributed by atoms with Crippen LogP contribution < -0.4 is 0 Å². The third-order valence-corrected chi connectivity index (χ3v) is 2.77. The van der Waals surface area contributed by atoms with Gasteiger partial charge < -0.3 is 0 Å². The van der Waals surface area contributed by atoms with Gasteiger partial charge in [0.2, 0.25) is 0 Å². The Bertz CT molecular complexity index is 185. The van der Waals surface area contributed by atoms with Gasteiger partial charge in [0.25, 0.3) is 0 Å². The predicted octanol–water partition coefficient (Wildman–Crippen LogP) is 0.926. The van der Waals surface area contributed by atoms with Crippen molar-refractivity contribution in [1.82, 2.24) is 9.80 Å². The molecule has 13 heavy (non-hydrogen) atoms. The molecule has 3 heteroatoms. The van der Waals surface area contributed by atoms with E-state index in [1.54, 1.807) is 0 Å². The van der Waals surface area contributed by atoms with Crippen LogP contribution in [0.4, 0.5) is 0 Å². The van der Waals surface area contributed by atoms with Crippen LogP contribution in [0.25, 0.3) is 0 Å². The van der Waals surface area contributed by atoms with Crippen molar-refractivity contribution in [3.8, 4) is 6.07 Å². The van der Waals surface area contributed by atoms with Crippen LogP contribution in [0.1, 0.15) is 19.8 Å². The van der Waals surface area contributed by atoms with Crippen LogP contribution in [-0.4, -0.2) is 49.1 Å². The van der Waals surface area contributed by atoms with Crippen molar-refractivity contribution >= 4 is 0 Å². The first-order valence-electron chi connectivity index (χ1n) is 5.07. The van der Waals surface area contributed by atoms with Crippen LogP contribution >= 0.6 is 0 Å². The molecule has 0 spiro atoms. The fourth-order valence-corrected chi connectivity index (χ4v) is 2.06. The summed E-state index contributed by atoms with van der Waals surface area (Å²) in [5, 5.41) is 8.53. The molecule has 1 aliphatic rings. The van der Waals surface area contributed by atoms with Crippen LogP contribution in [0.3, 0.4) is 0 Å². The number of likely N-dealkylation sites (tertiary alicyclic amines) is 1. The van der Waals surface area contributed by atoms with Crippen LogP contribution in [0.15, 0.2) is 0 Å². The Labute approximate surface area is 80.9 Å². The topological polar surface area (TPSA) is 30.3 Å². The molecule has 1 heterocycles. The molecular weight excluding hydrogens is 162 g/mol. The third kappa shape index (κ3) is 2.98. The molecule has 1 rings (SSSR count). The van der Waals surface area contributed by atoms with Crippen molar-refractivity contribution in [3.63, 3.8) is 0 Å². The molecule has 0 aromatic heterocycles. The zero-order chi connectivity index (χ0) is 9.68. The third-order valence-electron chi connectivity index (χ3n) is 2.77. The molecule has 0 amide bonds. The van der Waals surface area contributed by atoms with E-state index in [9.17, 15) is 0 Å². The number of hydrogen-bond donors (Lipinski definition) is 0. The molecule has 0 radical (unpaired) electrons. The summed E-state index contributed by atoms with van der Waals surface area (Å²) in [4.78, 5) is 4.62. The Hall–Kier alpha value is -0.590. The molecule has 1 unspecified atom stereocenters. The molecule has 74 valence electrons. The number of nitrogens with zero attached hydrogens (tertiary/aromatic N) is 3. The molecule has 0 bridgehead atoms. The van der Waals surface area contributed by atoms with Crippen molar-refractivity contribution in [2.75, 3.05) is 33.2 Å². The van der Waals surface area contributed by atoms with Gasteiger partial charge in [-0.05, 0) is 33.0 Å². The molecule has 0 aromatic rings. The SMILES string of the molecule is CCN1CCCC1CN(C)CC#N. The number of likely N-dealkylation sites (N-methyl/N-ethyl adjacent to an activating group) is 2. The van der Waals surface area contributed by atoms with Crippen molar-refractivity contribution in [3.05, 3.63) is 0 Å². The molecule has 1 saturated heterocycles. The van der Waals surface area contributed by atoms with E-state index < -0.39 is 0 Å². The van der Waals surface area contributed by atoms with Gasteiger partial charge in [0.15, 0.2) is 0 Å². The summed E-state index contributed by atoms with van der Waals surface area (Å²) in [5.41, 5.74) is 0. The summed E-state index contributed by atoms with van der Waals surface area (Å²) in [6.45, 7) is 6.19. The number of rotatable bonds is 4. The molecule has 0 saturated carbocycles. The quantitative estimate of drug-likeness (QED) is 0.604. The number of hydrogen-bond acceptors (Lipinski definition) is 3. The lowest BCUT2D eigenvalue weighted by Gasteiger charge is -2.26. The van der Waals surface area contributed by atoms with E-state index >= 15 is 0 Å². The van der Waals surface area contributed by atoms with E-state index in [1.807, 2.05) is 7.05 Å².